The summed E-state index contributed by atoms with van der Waals surface area (Å²) in [5, 5.41) is 19.2. The molecule has 2 rings (SSSR count). The van der Waals surface area contributed by atoms with Crippen LogP contribution in [0.1, 0.15) is 0 Å². The Hall–Kier alpha value is -1.26. The van der Waals surface area contributed by atoms with Gasteiger partial charge in [-0.15, -0.1) is 11.6 Å². The number of alkyl halides is 1. The Kier molecular flexibility index (Phi) is 9.49. The third kappa shape index (κ3) is 6.62. The van der Waals surface area contributed by atoms with Crippen molar-refractivity contribution >= 4 is 44.6 Å². The van der Waals surface area contributed by atoms with E-state index in [0.717, 1.165) is 0 Å². The zero-order valence-corrected chi connectivity index (χ0v) is 19.0. The summed E-state index contributed by atoms with van der Waals surface area (Å²) in [6.07, 6.45) is -1.72. The van der Waals surface area contributed by atoms with E-state index in [2.05, 4.69) is 0 Å². The van der Waals surface area contributed by atoms with Crippen LogP contribution in [0.3, 0.4) is 0 Å². The molecule has 0 heterocycles. The topological polar surface area (TPSA) is 102 Å². The van der Waals surface area contributed by atoms with Crippen molar-refractivity contribution in [3.63, 3.8) is 0 Å². The first kappa shape index (κ1) is 25.0. The maximum Gasteiger partial charge on any atom is 0.206 e. The molecule has 0 aliphatic heterocycles. The molecule has 0 unspecified atom stereocenters. The summed E-state index contributed by atoms with van der Waals surface area (Å²) in [5.74, 6) is 0.442. The van der Waals surface area contributed by atoms with Gasteiger partial charge in [-0.2, -0.15) is 0 Å². The van der Waals surface area contributed by atoms with Crippen molar-refractivity contribution in [1.82, 2.24) is 0 Å². The molecule has 0 bridgehead atoms. The predicted molar refractivity (Wildman–Crippen MR) is 114 cm³/mol. The molecule has 0 aliphatic carbocycles. The Balaban J connectivity index is 2.18. The Morgan fingerprint density at radius 1 is 0.867 bits per heavy atom. The van der Waals surface area contributed by atoms with Crippen molar-refractivity contribution in [3.05, 3.63) is 46.4 Å². The molecule has 0 saturated heterocycles. The number of methoxy groups -OCH3 is 1. The number of aliphatic hydroxyl groups excluding tert-OH is 2. The lowest BCUT2D eigenvalue weighted by molar-refractivity contribution is 0.0325. The fourth-order valence-corrected chi connectivity index (χ4v) is 4.33. The highest BCUT2D eigenvalue weighted by atomic mass is 35.5. The van der Waals surface area contributed by atoms with Crippen LogP contribution in [0.5, 0.6) is 11.5 Å². The highest BCUT2D eigenvalue weighted by molar-refractivity contribution is 7.91. The van der Waals surface area contributed by atoms with E-state index in [0.29, 0.717) is 0 Å². The van der Waals surface area contributed by atoms with Crippen LogP contribution in [0.25, 0.3) is 0 Å². The normalized spacial score (nSPS) is 13.7. The van der Waals surface area contributed by atoms with E-state index in [4.69, 9.17) is 49.0 Å². The van der Waals surface area contributed by atoms with Crippen molar-refractivity contribution < 1.29 is 32.8 Å². The number of aliphatic hydroxyl groups is 2. The standard InChI is InChI=1S/C19H21Cl3O7S/c1-27-9-13(24)11-29-19-5-3-15(7-17(19)22)30(25,26)14-2-4-18(16(21)6-14)28-10-12(23)8-20/h2-7,12-13,23-24H,8-11H2,1H3/t12-,13-/m0/s1. The number of benzene rings is 2. The lowest BCUT2D eigenvalue weighted by atomic mass is 10.3. The molecular weight excluding hydrogens is 479 g/mol. The molecule has 30 heavy (non-hydrogen) atoms. The highest BCUT2D eigenvalue weighted by Gasteiger charge is 2.21. The second-order valence-corrected chi connectivity index (χ2v) is 9.30. The third-order valence-electron chi connectivity index (χ3n) is 3.83. The molecule has 0 saturated carbocycles. The first-order valence-electron chi connectivity index (χ1n) is 8.69. The van der Waals surface area contributed by atoms with E-state index in [1.54, 1.807) is 0 Å². The second kappa shape index (κ2) is 11.4. The van der Waals surface area contributed by atoms with Crippen LogP contribution in [0.4, 0.5) is 0 Å². The van der Waals surface area contributed by atoms with E-state index in [-0.39, 0.29) is 57.0 Å². The van der Waals surface area contributed by atoms with Gasteiger partial charge in [-0.1, -0.05) is 23.2 Å². The number of hydrogen-bond acceptors (Lipinski definition) is 7. The summed E-state index contributed by atoms with van der Waals surface area (Å²) in [7, 11) is -2.46. The number of rotatable bonds is 11. The highest BCUT2D eigenvalue weighted by Crippen LogP contribution is 2.33. The quantitative estimate of drug-likeness (QED) is 0.458. The molecule has 0 aromatic heterocycles. The largest absolute Gasteiger partial charge is 0.489 e. The average molecular weight is 500 g/mol. The molecule has 0 fully saturated rings. The molecule has 2 aromatic carbocycles. The van der Waals surface area contributed by atoms with Crippen LogP contribution in [-0.4, -0.2) is 63.6 Å². The van der Waals surface area contributed by atoms with Gasteiger partial charge in [0.25, 0.3) is 0 Å². The molecule has 2 aromatic rings. The Labute approximate surface area is 190 Å². The van der Waals surface area contributed by atoms with Crippen molar-refractivity contribution in [1.29, 1.82) is 0 Å². The molecule has 2 atom stereocenters. The summed E-state index contributed by atoms with van der Waals surface area (Å²) in [6.45, 7) is -0.0456. The van der Waals surface area contributed by atoms with Gasteiger partial charge in [0.05, 0.1) is 32.3 Å². The molecule has 11 heteroatoms. The molecule has 0 amide bonds. The van der Waals surface area contributed by atoms with Crippen LogP contribution in [0, 0.1) is 0 Å². The lowest BCUT2D eigenvalue weighted by Gasteiger charge is -2.14. The van der Waals surface area contributed by atoms with Gasteiger partial charge in [0.2, 0.25) is 9.84 Å². The van der Waals surface area contributed by atoms with Gasteiger partial charge in [-0.05, 0) is 36.4 Å². The zero-order valence-electron chi connectivity index (χ0n) is 15.9. The monoisotopic (exact) mass is 498 g/mol. The molecule has 166 valence electrons. The summed E-state index contributed by atoms with van der Waals surface area (Å²) in [4.78, 5) is -0.113. The van der Waals surface area contributed by atoms with Crippen LogP contribution in [0.15, 0.2) is 46.2 Å². The SMILES string of the molecule is COC[C@H](O)COc1ccc(S(=O)(=O)c2ccc(OC[C@@H](O)CCl)c(Cl)c2)cc1Cl. The minimum atomic E-state index is -3.91. The van der Waals surface area contributed by atoms with Crippen molar-refractivity contribution in [2.45, 2.75) is 22.0 Å². The smallest absolute Gasteiger partial charge is 0.206 e. The first-order valence-corrected chi connectivity index (χ1v) is 11.5. The molecule has 0 spiro atoms. The minimum absolute atomic E-state index is 0.00407. The van der Waals surface area contributed by atoms with E-state index in [1.807, 2.05) is 0 Å². The van der Waals surface area contributed by atoms with Gasteiger partial charge in [0.15, 0.2) is 0 Å². The number of sulfone groups is 1. The van der Waals surface area contributed by atoms with Crippen molar-refractivity contribution in [2.75, 3.05) is 32.8 Å². The summed E-state index contributed by atoms with van der Waals surface area (Å²) in [6, 6.07) is 7.98. The van der Waals surface area contributed by atoms with E-state index in [9.17, 15) is 18.6 Å². The lowest BCUT2D eigenvalue weighted by Crippen LogP contribution is -2.22. The Morgan fingerprint density at radius 3 is 1.73 bits per heavy atom. The summed E-state index contributed by atoms with van der Waals surface area (Å²) >= 11 is 17.8. The van der Waals surface area contributed by atoms with E-state index in [1.165, 1.54) is 43.5 Å². The van der Waals surface area contributed by atoms with Gasteiger partial charge in [-0.3, -0.25) is 0 Å². The van der Waals surface area contributed by atoms with Crippen LogP contribution in [-0.2, 0) is 14.6 Å². The first-order chi connectivity index (χ1) is 14.2. The van der Waals surface area contributed by atoms with Gasteiger partial charge >= 0.3 is 0 Å². The average Bonchev–Trinajstić information content (AvgIpc) is 2.71. The van der Waals surface area contributed by atoms with Crippen molar-refractivity contribution in [2.24, 2.45) is 0 Å². The molecule has 7 nitrogen and oxygen atoms in total. The Bertz CT molecular complexity index is 953. The third-order valence-corrected chi connectivity index (χ3v) is 6.52. The number of halogens is 3. The summed E-state index contributed by atoms with van der Waals surface area (Å²) < 4.78 is 41.4. The Morgan fingerprint density at radius 2 is 1.33 bits per heavy atom. The fraction of sp³-hybridized carbons (Fsp3) is 0.368. The van der Waals surface area contributed by atoms with Crippen LogP contribution < -0.4 is 9.47 Å². The number of hydrogen-bond donors (Lipinski definition) is 2. The molecule has 2 N–H and O–H groups in total. The molecule has 0 radical (unpaired) electrons. The van der Waals surface area contributed by atoms with E-state index >= 15 is 0 Å². The molecular formula is C19H21Cl3O7S. The van der Waals surface area contributed by atoms with Gasteiger partial charge in [0.1, 0.15) is 36.9 Å². The van der Waals surface area contributed by atoms with Gasteiger partial charge < -0.3 is 24.4 Å². The molecule has 0 aliphatic rings. The predicted octanol–water partition coefficient (Wildman–Crippen LogP) is 3.19. The fourth-order valence-electron chi connectivity index (χ4n) is 2.32. The van der Waals surface area contributed by atoms with Crippen LogP contribution >= 0.6 is 34.8 Å². The van der Waals surface area contributed by atoms with Gasteiger partial charge in [-0.25, -0.2) is 8.42 Å². The number of ether oxygens (including phenoxy) is 3. The zero-order chi connectivity index (χ0) is 22.3. The van der Waals surface area contributed by atoms with E-state index < -0.39 is 22.0 Å². The van der Waals surface area contributed by atoms with Gasteiger partial charge in [0, 0.05) is 7.11 Å². The minimum Gasteiger partial charge on any atom is -0.489 e. The summed E-state index contributed by atoms with van der Waals surface area (Å²) in [5.41, 5.74) is 0. The van der Waals surface area contributed by atoms with Crippen molar-refractivity contribution in [3.8, 4) is 11.5 Å². The van der Waals surface area contributed by atoms with Crippen LogP contribution in [0.2, 0.25) is 10.0 Å². The maximum atomic E-state index is 12.9. The second-order valence-electron chi connectivity index (χ2n) is 6.23. The maximum absolute atomic E-state index is 12.9.